The SMILES string of the molecule is CCc1[nH]nc(-c2cccc(OC)c2)c1NC(=O)c1ccc(F)cc1. The van der Waals surface area contributed by atoms with E-state index in [1.165, 1.54) is 24.3 Å². The van der Waals surface area contributed by atoms with Gasteiger partial charge < -0.3 is 10.1 Å². The summed E-state index contributed by atoms with van der Waals surface area (Å²) in [7, 11) is 1.60. The van der Waals surface area contributed by atoms with Crippen LogP contribution in [0.1, 0.15) is 23.0 Å². The number of carbonyl (C=O) groups excluding carboxylic acids is 1. The number of ether oxygens (including phenoxy) is 1. The van der Waals surface area contributed by atoms with Crippen LogP contribution in [0, 0.1) is 5.82 Å². The van der Waals surface area contributed by atoms with Gasteiger partial charge in [0.15, 0.2) is 0 Å². The van der Waals surface area contributed by atoms with Gasteiger partial charge in [-0.25, -0.2) is 4.39 Å². The summed E-state index contributed by atoms with van der Waals surface area (Å²) >= 11 is 0. The molecule has 1 heterocycles. The Morgan fingerprint density at radius 1 is 1.24 bits per heavy atom. The number of benzene rings is 2. The van der Waals surface area contributed by atoms with Crippen molar-refractivity contribution in [1.82, 2.24) is 10.2 Å². The minimum atomic E-state index is -0.383. The fourth-order valence-electron chi connectivity index (χ4n) is 2.53. The summed E-state index contributed by atoms with van der Waals surface area (Å²) in [5.41, 5.74) is 3.26. The lowest BCUT2D eigenvalue weighted by Crippen LogP contribution is -2.13. The fourth-order valence-corrected chi connectivity index (χ4v) is 2.53. The molecule has 0 radical (unpaired) electrons. The van der Waals surface area contributed by atoms with Crippen molar-refractivity contribution in [3.8, 4) is 17.0 Å². The summed E-state index contributed by atoms with van der Waals surface area (Å²) in [5.74, 6) is 0.000726. The van der Waals surface area contributed by atoms with E-state index in [0.29, 0.717) is 29.1 Å². The fraction of sp³-hybridized carbons (Fsp3) is 0.158. The Balaban J connectivity index is 1.96. The van der Waals surface area contributed by atoms with E-state index in [4.69, 9.17) is 4.74 Å². The van der Waals surface area contributed by atoms with E-state index in [0.717, 1.165) is 11.3 Å². The third-order valence-electron chi connectivity index (χ3n) is 3.88. The van der Waals surface area contributed by atoms with Crippen molar-refractivity contribution >= 4 is 11.6 Å². The van der Waals surface area contributed by atoms with E-state index in [2.05, 4.69) is 15.5 Å². The molecular formula is C19H18FN3O2. The van der Waals surface area contributed by atoms with Crippen LogP contribution in [0.5, 0.6) is 5.75 Å². The average molecular weight is 339 g/mol. The topological polar surface area (TPSA) is 67.0 Å². The quantitative estimate of drug-likeness (QED) is 0.737. The number of nitrogens with one attached hydrogen (secondary N) is 2. The highest BCUT2D eigenvalue weighted by Crippen LogP contribution is 2.31. The first-order valence-corrected chi connectivity index (χ1v) is 7.91. The predicted molar refractivity (Wildman–Crippen MR) is 94.3 cm³/mol. The molecule has 0 aliphatic rings. The highest BCUT2D eigenvalue weighted by molar-refractivity contribution is 6.06. The van der Waals surface area contributed by atoms with Crippen molar-refractivity contribution in [2.45, 2.75) is 13.3 Å². The van der Waals surface area contributed by atoms with Gasteiger partial charge in [0, 0.05) is 11.1 Å². The number of H-pyrrole nitrogens is 1. The molecule has 6 heteroatoms. The molecule has 0 fully saturated rings. The maximum absolute atomic E-state index is 13.0. The van der Waals surface area contributed by atoms with Gasteiger partial charge in [-0.2, -0.15) is 5.10 Å². The van der Waals surface area contributed by atoms with Gasteiger partial charge in [-0.05, 0) is 42.8 Å². The van der Waals surface area contributed by atoms with Crippen LogP contribution in [0.2, 0.25) is 0 Å². The Kier molecular flexibility index (Phi) is 4.79. The Hall–Kier alpha value is -3.15. The largest absolute Gasteiger partial charge is 0.497 e. The van der Waals surface area contributed by atoms with Gasteiger partial charge in [-0.15, -0.1) is 0 Å². The Morgan fingerprint density at radius 2 is 2.00 bits per heavy atom. The lowest BCUT2D eigenvalue weighted by atomic mass is 10.1. The third-order valence-corrected chi connectivity index (χ3v) is 3.88. The lowest BCUT2D eigenvalue weighted by molar-refractivity contribution is 0.102. The van der Waals surface area contributed by atoms with Crippen molar-refractivity contribution in [2.75, 3.05) is 12.4 Å². The van der Waals surface area contributed by atoms with Crippen LogP contribution >= 0.6 is 0 Å². The number of aryl methyl sites for hydroxylation is 1. The van der Waals surface area contributed by atoms with Gasteiger partial charge in [-0.1, -0.05) is 19.1 Å². The standard InChI is InChI=1S/C19H18FN3O2/c1-3-16-18(21-19(24)12-7-9-14(20)10-8-12)17(23-22-16)13-5-4-6-15(11-13)25-2/h4-11H,3H2,1-2H3,(H,21,24)(H,22,23). The Bertz CT molecular complexity index is 888. The first kappa shape index (κ1) is 16.7. The van der Waals surface area contributed by atoms with E-state index < -0.39 is 0 Å². The molecule has 2 aromatic carbocycles. The maximum Gasteiger partial charge on any atom is 0.255 e. The van der Waals surface area contributed by atoms with E-state index in [1.807, 2.05) is 31.2 Å². The number of rotatable bonds is 5. The zero-order valence-electron chi connectivity index (χ0n) is 14.0. The number of aromatic nitrogens is 2. The van der Waals surface area contributed by atoms with Crippen LogP contribution < -0.4 is 10.1 Å². The molecule has 0 unspecified atom stereocenters. The highest BCUT2D eigenvalue weighted by Gasteiger charge is 2.17. The number of hydrogen-bond donors (Lipinski definition) is 2. The summed E-state index contributed by atoms with van der Waals surface area (Å²) in [6.45, 7) is 1.97. The predicted octanol–water partition coefficient (Wildman–Crippen LogP) is 4.04. The normalized spacial score (nSPS) is 10.5. The number of methoxy groups -OCH3 is 1. The van der Waals surface area contributed by atoms with Gasteiger partial charge in [0.2, 0.25) is 0 Å². The summed E-state index contributed by atoms with van der Waals surface area (Å²) in [6, 6.07) is 12.9. The van der Waals surface area contributed by atoms with Crippen LogP contribution in [-0.2, 0) is 6.42 Å². The minimum absolute atomic E-state index is 0.319. The Morgan fingerprint density at radius 3 is 2.68 bits per heavy atom. The molecule has 5 nitrogen and oxygen atoms in total. The number of anilines is 1. The summed E-state index contributed by atoms with van der Waals surface area (Å²) in [4.78, 5) is 12.5. The molecule has 25 heavy (non-hydrogen) atoms. The molecule has 1 amide bonds. The summed E-state index contributed by atoms with van der Waals surface area (Å²) < 4.78 is 18.3. The van der Waals surface area contributed by atoms with Gasteiger partial charge >= 0.3 is 0 Å². The monoisotopic (exact) mass is 339 g/mol. The maximum atomic E-state index is 13.0. The molecule has 3 aromatic rings. The van der Waals surface area contributed by atoms with E-state index >= 15 is 0 Å². The average Bonchev–Trinajstić information content (AvgIpc) is 3.04. The molecule has 128 valence electrons. The molecule has 2 N–H and O–H groups in total. The van der Waals surface area contributed by atoms with Gasteiger partial charge in [0.05, 0.1) is 18.5 Å². The van der Waals surface area contributed by atoms with Crippen LogP contribution in [0.4, 0.5) is 10.1 Å². The first-order chi connectivity index (χ1) is 12.1. The van der Waals surface area contributed by atoms with Crippen molar-refractivity contribution in [3.63, 3.8) is 0 Å². The van der Waals surface area contributed by atoms with Crippen LogP contribution in [0.15, 0.2) is 48.5 Å². The number of carbonyl (C=O) groups is 1. The molecule has 0 aliphatic heterocycles. The van der Waals surface area contributed by atoms with Crippen LogP contribution in [0.3, 0.4) is 0 Å². The van der Waals surface area contributed by atoms with Crippen molar-refractivity contribution < 1.29 is 13.9 Å². The molecule has 0 saturated heterocycles. The minimum Gasteiger partial charge on any atom is -0.497 e. The second kappa shape index (κ2) is 7.17. The van der Waals surface area contributed by atoms with Crippen molar-refractivity contribution in [1.29, 1.82) is 0 Å². The number of nitrogens with zero attached hydrogens (tertiary/aromatic N) is 1. The number of hydrogen-bond acceptors (Lipinski definition) is 3. The summed E-state index contributed by atoms with van der Waals surface area (Å²) in [6.07, 6.45) is 0.677. The molecule has 0 spiro atoms. The number of aromatic amines is 1. The molecule has 0 aliphatic carbocycles. The lowest BCUT2D eigenvalue weighted by Gasteiger charge is -2.09. The Labute approximate surface area is 144 Å². The molecule has 1 aromatic heterocycles. The highest BCUT2D eigenvalue weighted by atomic mass is 19.1. The van der Waals surface area contributed by atoms with E-state index in [1.54, 1.807) is 7.11 Å². The second-order valence-electron chi connectivity index (χ2n) is 5.47. The number of amides is 1. The molecule has 0 bridgehead atoms. The van der Waals surface area contributed by atoms with Gasteiger partial charge in [0.1, 0.15) is 17.3 Å². The summed E-state index contributed by atoms with van der Waals surface area (Å²) in [5, 5.41) is 10.2. The van der Waals surface area contributed by atoms with Crippen LogP contribution in [-0.4, -0.2) is 23.2 Å². The molecular weight excluding hydrogens is 321 g/mol. The van der Waals surface area contributed by atoms with E-state index in [9.17, 15) is 9.18 Å². The molecule has 0 saturated carbocycles. The second-order valence-corrected chi connectivity index (χ2v) is 5.47. The van der Waals surface area contributed by atoms with Gasteiger partial charge in [-0.3, -0.25) is 9.89 Å². The smallest absolute Gasteiger partial charge is 0.255 e. The number of halogens is 1. The zero-order chi connectivity index (χ0) is 17.8. The van der Waals surface area contributed by atoms with Gasteiger partial charge in [0.25, 0.3) is 5.91 Å². The molecule has 0 atom stereocenters. The first-order valence-electron chi connectivity index (χ1n) is 7.91. The van der Waals surface area contributed by atoms with Crippen molar-refractivity contribution in [3.05, 3.63) is 65.6 Å². The van der Waals surface area contributed by atoms with Crippen molar-refractivity contribution in [2.24, 2.45) is 0 Å². The molecule has 3 rings (SSSR count). The van der Waals surface area contributed by atoms with E-state index in [-0.39, 0.29) is 11.7 Å². The zero-order valence-corrected chi connectivity index (χ0v) is 14.0. The third kappa shape index (κ3) is 3.52. The van der Waals surface area contributed by atoms with Crippen LogP contribution in [0.25, 0.3) is 11.3 Å².